The second-order valence-electron chi connectivity index (χ2n) is 4.15. The third-order valence-electron chi connectivity index (χ3n) is 2.50. The lowest BCUT2D eigenvalue weighted by atomic mass is 10.2. The van der Waals surface area contributed by atoms with Gasteiger partial charge in [0.15, 0.2) is 0 Å². The van der Waals surface area contributed by atoms with E-state index >= 15 is 0 Å². The topological polar surface area (TPSA) is 29.3 Å². The SMILES string of the molecule is CNCc1ccc2nc(C(C)C)cn2c1. The highest BCUT2D eigenvalue weighted by Gasteiger charge is 2.05. The molecule has 0 amide bonds. The summed E-state index contributed by atoms with van der Waals surface area (Å²) in [5.74, 6) is 0.484. The molecule has 0 aromatic carbocycles. The summed E-state index contributed by atoms with van der Waals surface area (Å²) in [5, 5.41) is 3.14. The number of nitrogens with one attached hydrogen (secondary N) is 1. The van der Waals surface area contributed by atoms with Crippen LogP contribution in [0.25, 0.3) is 5.65 Å². The van der Waals surface area contributed by atoms with Crippen LogP contribution < -0.4 is 5.32 Å². The van der Waals surface area contributed by atoms with E-state index in [1.807, 2.05) is 7.05 Å². The molecular formula is C12H17N3. The monoisotopic (exact) mass is 203 g/mol. The minimum atomic E-state index is 0.484. The Kier molecular flexibility index (Phi) is 2.73. The van der Waals surface area contributed by atoms with Gasteiger partial charge in [-0.1, -0.05) is 19.9 Å². The number of pyridine rings is 1. The number of fused-ring (bicyclic) bond motifs is 1. The number of nitrogens with zero attached hydrogens (tertiary/aromatic N) is 2. The molecule has 0 fully saturated rings. The van der Waals surface area contributed by atoms with E-state index in [1.165, 1.54) is 5.56 Å². The maximum Gasteiger partial charge on any atom is 0.137 e. The van der Waals surface area contributed by atoms with Crippen molar-refractivity contribution in [2.45, 2.75) is 26.3 Å². The summed E-state index contributed by atoms with van der Waals surface area (Å²) in [7, 11) is 1.96. The zero-order valence-corrected chi connectivity index (χ0v) is 9.49. The molecule has 2 aromatic rings. The summed E-state index contributed by atoms with van der Waals surface area (Å²) < 4.78 is 2.10. The summed E-state index contributed by atoms with van der Waals surface area (Å²) in [5.41, 5.74) is 3.45. The van der Waals surface area contributed by atoms with Gasteiger partial charge in [-0.3, -0.25) is 0 Å². The molecule has 3 nitrogen and oxygen atoms in total. The molecular weight excluding hydrogens is 186 g/mol. The van der Waals surface area contributed by atoms with Crippen LogP contribution >= 0.6 is 0 Å². The van der Waals surface area contributed by atoms with Gasteiger partial charge in [-0.05, 0) is 24.6 Å². The molecule has 0 aliphatic carbocycles. The maximum absolute atomic E-state index is 4.56. The predicted molar refractivity (Wildman–Crippen MR) is 62.0 cm³/mol. The van der Waals surface area contributed by atoms with E-state index in [1.54, 1.807) is 0 Å². The largest absolute Gasteiger partial charge is 0.316 e. The molecule has 80 valence electrons. The summed E-state index contributed by atoms with van der Waals surface area (Å²) in [4.78, 5) is 4.56. The molecule has 0 bridgehead atoms. The van der Waals surface area contributed by atoms with Crippen molar-refractivity contribution in [3.05, 3.63) is 35.8 Å². The Hall–Kier alpha value is -1.35. The van der Waals surface area contributed by atoms with Gasteiger partial charge in [-0.2, -0.15) is 0 Å². The number of hydrogen-bond donors (Lipinski definition) is 1. The van der Waals surface area contributed by atoms with Gasteiger partial charge in [0.05, 0.1) is 5.69 Å². The molecule has 0 unspecified atom stereocenters. The summed E-state index contributed by atoms with van der Waals surface area (Å²) in [6, 6.07) is 4.18. The zero-order chi connectivity index (χ0) is 10.8. The second-order valence-corrected chi connectivity index (χ2v) is 4.15. The molecule has 0 aliphatic rings. The van der Waals surface area contributed by atoms with Crippen LogP contribution in [0.2, 0.25) is 0 Å². The number of aromatic nitrogens is 2. The molecule has 1 N–H and O–H groups in total. The first-order valence-corrected chi connectivity index (χ1v) is 5.33. The molecule has 15 heavy (non-hydrogen) atoms. The average molecular weight is 203 g/mol. The third-order valence-corrected chi connectivity index (χ3v) is 2.50. The van der Waals surface area contributed by atoms with Gasteiger partial charge in [0.1, 0.15) is 5.65 Å². The lowest BCUT2D eigenvalue weighted by Crippen LogP contribution is -2.05. The van der Waals surface area contributed by atoms with E-state index in [0.29, 0.717) is 5.92 Å². The minimum Gasteiger partial charge on any atom is -0.316 e. The summed E-state index contributed by atoms with van der Waals surface area (Å²) in [6.07, 6.45) is 4.24. The molecule has 0 saturated carbocycles. The Balaban J connectivity index is 2.43. The predicted octanol–water partition coefficient (Wildman–Crippen LogP) is 2.18. The molecule has 3 heteroatoms. The lowest BCUT2D eigenvalue weighted by Gasteiger charge is -2.00. The Bertz CT molecular complexity index is 457. The van der Waals surface area contributed by atoms with Crippen LogP contribution in [0.5, 0.6) is 0 Å². The molecule has 0 saturated heterocycles. The van der Waals surface area contributed by atoms with Crippen molar-refractivity contribution in [2.75, 3.05) is 7.05 Å². The summed E-state index contributed by atoms with van der Waals surface area (Å²) in [6.45, 7) is 5.22. The Morgan fingerprint density at radius 2 is 2.13 bits per heavy atom. The first kappa shape index (κ1) is 10.2. The van der Waals surface area contributed by atoms with Crippen LogP contribution in [0.1, 0.15) is 31.0 Å². The fourth-order valence-electron chi connectivity index (χ4n) is 1.64. The number of imidazole rings is 1. The van der Waals surface area contributed by atoms with E-state index in [-0.39, 0.29) is 0 Å². The fourth-order valence-corrected chi connectivity index (χ4v) is 1.64. The van der Waals surface area contributed by atoms with Crippen molar-refractivity contribution >= 4 is 5.65 Å². The highest BCUT2D eigenvalue weighted by Crippen LogP contribution is 2.14. The summed E-state index contributed by atoms with van der Waals surface area (Å²) >= 11 is 0. The van der Waals surface area contributed by atoms with Gasteiger partial charge in [0.2, 0.25) is 0 Å². The van der Waals surface area contributed by atoms with Crippen molar-refractivity contribution in [1.29, 1.82) is 0 Å². The molecule has 0 atom stereocenters. The van der Waals surface area contributed by atoms with E-state index in [0.717, 1.165) is 17.9 Å². The van der Waals surface area contributed by atoms with Gasteiger partial charge in [-0.25, -0.2) is 4.98 Å². The van der Waals surface area contributed by atoms with Crippen molar-refractivity contribution in [1.82, 2.24) is 14.7 Å². The van der Waals surface area contributed by atoms with Gasteiger partial charge < -0.3 is 9.72 Å². The van der Waals surface area contributed by atoms with E-state index in [2.05, 4.69) is 53.1 Å². The molecule has 2 rings (SSSR count). The first-order chi connectivity index (χ1) is 7.20. The molecule has 0 spiro atoms. The van der Waals surface area contributed by atoms with Crippen LogP contribution in [-0.4, -0.2) is 16.4 Å². The van der Waals surface area contributed by atoms with Crippen molar-refractivity contribution in [2.24, 2.45) is 0 Å². The van der Waals surface area contributed by atoms with Gasteiger partial charge in [0.25, 0.3) is 0 Å². The van der Waals surface area contributed by atoms with Gasteiger partial charge in [0, 0.05) is 18.9 Å². The maximum atomic E-state index is 4.56. The van der Waals surface area contributed by atoms with Crippen molar-refractivity contribution < 1.29 is 0 Å². The lowest BCUT2D eigenvalue weighted by molar-refractivity contribution is 0.810. The first-order valence-electron chi connectivity index (χ1n) is 5.33. The molecule has 0 aliphatic heterocycles. The fraction of sp³-hybridized carbons (Fsp3) is 0.417. The number of hydrogen-bond acceptors (Lipinski definition) is 2. The van der Waals surface area contributed by atoms with Crippen LogP contribution in [0.4, 0.5) is 0 Å². The normalized spacial score (nSPS) is 11.5. The van der Waals surface area contributed by atoms with Gasteiger partial charge >= 0.3 is 0 Å². The van der Waals surface area contributed by atoms with E-state index < -0.39 is 0 Å². The number of rotatable bonds is 3. The minimum absolute atomic E-state index is 0.484. The van der Waals surface area contributed by atoms with Crippen molar-refractivity contribution in [3.63, 3.8) is 0 Å². The van der Waals surface area contributed by atoms with Crippen LogP contribution in [0.15, 0.2) is 24.5 Å². The Morgan fingerprint density at radius 1 is 1.33 bits per heavy atom. The highest BCUT2D eigenvalue weighted by atomic mass is 15.0. The Labute approximate surface area is 90.1 Å². The average Bonchev–Trinajstić information content (AvgIpc) is 2.61. The standard InChI is InChI=1S/C12H17N3/c1-9(2)11-8-15-7-10(6-13-3)4-5-12(15)14-11/h4-5,7-9,13H,6H2,1-3H3. The van der Waals surface area contributed by atoms with Crippen LogP contribution in [0, 0.1) is 0 Å². The molecule has 0 radical (unpaired) electrons. The van der Waals surface area contributed by atoms with Gasteiger partial charge in [-0.15, -0.1) is 0 Å². The van der Waals surface area contributed by atoms with Crippen LogP contribution in [-0.2, 0) is 6.54 Å². The highest BCUT2D eigenvalue weighted by molar-refractivity contribution is 5.41. The molecule has 2 aromatic heterocycles. The van der Waals surface area contributed by atoms with Crippen molar-refractivity contribution in [3.8, 4) is 0 Å². The second kappa shape index (κ2) is 4.03. The Morgan fingerprint density at radius 3 is 2.80 bits per heavy atom. The zero-order valence-electron chi connectivity index (χ0n) is 9.49. The smallest absolute Gasteiger partial charge is 0.137 e. The van der Waals surface area contributed by atoms with Crippen LogP contribution in [0.3, 0.4) is 0 Å². The third kappa shape index (κ3) is 2.02. The van der Waals surface area contributed by atoms with E-state index in [9.17, 15) is 0 Å². The molecule has 2 heterocycles. The van der Waals surface area contributed by atoms with E-state index in [4.69, 9.17) is 0 Å². The quantitative estimate of drug-likeness (QED) is 0.828.